The molecule has 0 aliphatic heterocycles. The van der Waals surface area contributed by atoms with E-state index in [-0.39, 0.29) is 0 Å². The minimum Gasteiger partial charge on any atom is -0.271 e. The molecule has 1 rings (SSSR count). The van der Waals surface area contributed by atoms with E-state index >= 15 is 0 Å². The predicted molar refractivity (Wildman–Crippen MR) is 59.4 cm³/mol. The van der Waals surface area contributed by atoms with Crippen LogP contribution in [0.1, 0.15) is 13.8 Å². The number of nitrogens with zero attached hydrogens (tertiary/aromatic N) is 2. The van der Waals surface area contributed by atoms with Crippen LogP contribution in [-0.4, -0.2) is 15.1 Å². The van der Waals surface area contributed by atoms with E-state index in [9.17, 15) is 0 Å². The normalized spacial score (nSPS) is 13.6. The van der Waals surface area contributed by atoms with Gasteiger partial charge in [-0.05, 0) is 11.8 Å². The molecular formula is C9H14BrClN2. The average molecular weight is 266 g/mol. The van der Waals surface area contributed by atoms with Crippen LogP contribution in [0.15, 0.2) is 12.4 Å². The van der Waals surface area contributed by atoms with E-state index in [1.807, 2.05) is 10.9 Å². The Kier molecular flexibility index (Phi) is 4.26. The van der Waals surface area contributed by atoms with Crippen molar-refractivity contribution in [1.29, 1.82) is 0 Å². The summed E-state index contributed by atoms with van der Waals surface area (Å²) in [6, 6.07) is 0. The van der Waals surface area contributed by atoms with Crippen molar-refractivity contribution in [2.24, 2.45) is 11.8 Å². The van der Waals surface area contributed by atoms with Gasteiger partial charge in [0.05, 0.1) is 11.2 Å². The van der Waals surface area contributed by atoms with Crippen molar-refractivity contribution >= 4 is 27.5 Å². The Bertz CT molecular complexity index is 260. The van der Waals surface area contributed by atoms with Crippen molar-refractivity contribution in [3.63, 3.8) is 0 Å². The fourth-order valence-electron chi connectivity index (χ4n) is 1.12. The number of rotatable bonds is 4. The molecule has 1 heterocycles. The van der Waals surface area contributed by atoms with Crippen LogP contribution in [0.5, 0.6) is 0 Å². The van der Waals surface area contributed by atoms with Gasteiger partial charge in [0.2, 0.25) is 0 Å². The second-order valence-electron chi connectivity index (χ2n) is 3.54. The maximum absolute atomic E-state index is 5.77. The number of alkyl halides is 1. The van der Waals surface area contributed by atoms with E-state index in [2.05, 4.69) is 34.9 Å². The van der Waals surface area contributed by atoms with Crippen molar-refractivity contribution in [1.82, 2.24) is 9.78 Å². The molecule has 0 saturated heterocycles. The Labute approximate surface area is 92.4 Å². The van der Waals surface area contributed by atoms with Crippen LogP contribution in [0.3, 0.4) is 0 Å². The van der Waals surface area contributed by atoms with Gasteiger partial charge in [-0.25, -0.2) is 0 Å². The molecule has 0 spiro atoms. The molecule has 0 fully saturated rings. The van der Waals surface area contributed by atoms with Crippen LogP contribution in [0.2, 0.25) is 5.02 Å². The molecular weight excluding hydrogens is 251 g/mol. The van der Waals surface area contributed by atoms with Crippen LogP contribution in [0.25, 0.3) is 0 Å². The second kappa shape index (κ2) is 5.01. The highest BCUT2D eigenvalue weighted by molar-refractivity contribution is 9.09. The molecule has 0 saturated carbocycles. The van der Waals surface area contributed by atoms with E-state index in [0.29, 0.717) is 16.9 Å². The molecule has 0 aromatic carbocycles. The fraction of sp³-hybridized carbons (Fsp3) is 0.667. The van der Waals surface area contributed by atoms with Crippen molar-refractivity contribution < 1.29 is 0 Å². The predicted octanol–water partition coefficient (Wildman–Crippen LogP) is 3.20. The minimum atomic E-state index is 0.607. The summed E-state index contributed by atoms with van der Waals surface area (Å²) >= 11 is 9.28. The molecule has 0 N–H and O–H groups in total. The highest BCUT2D eigenvalue weighted by Crippen LogP contribution is 2.16. The van der Waals surface area contributed by atoms with Gasteiger partial charge in [-0.2, -0.15) is 5.10 Å². The first-order chi connectivity index (χ1) is 6.13. The smallest absolute Gasteiger partial charge is 0.0785 e. The molecule has 1 aromatic heterocycles. The van der Waals surface area contributed by atoms with E-state index in [0.717, 1.165) is 11.9 Å². The largest absolute Gasteiger partial charge is 0.271 e. The quantitative estimate of drug-likeness (QED) is 0.765. The van der Waals surface area contributed by atoms with Gasteiger partial charge < -0.3 is 0 Å². The summed E-state index contributed by atoms with van der Waals surface area (Å²) in [6.07, 6.45) is 3.53. The molecule has 1 aromatic rings. The molecule has 2 nitrogen and oxygen atoms in total. The van der Waals surface area contributed by atoms with E-state index in [4.69, 9.17) is 11.6 Å². The Morgan fingerprint density at radius 1 is 1.62 bits per heavy atom. The SMILES string of the molecule is CC(C)C(CBr)Cn1cc(Cl)cn1. The lowest BCUT2D eigenvalue weighted by Gasteiger charge is -2.17. The zero-order valence-electron chi connectivity index (χ0n) is 7.87. The summed E-state index contributed by atoms with van der Waals surface area (Å²) in [5, 5.41) is 5.86. The first kappa shape index (κ1) is 11.1. The van der Waals surface area contributed by atoms with Crippen molar-refractivity contribution in [3.05, 3.63) is 17.4 Å². The van der Waals surface area contributed by atoms with Gasteiger partial charge >= 0.3 is 0 Å². The number of hydrogen-bond donors (Lipinski definition) is 0. The number of halogens is 2. The lowest BCUT2D eigenvalue weighted by atomic mass is 9.98. The summed E-state index contributed by atoms with van der Waals surface area (Å²) in [5.74, 6) is 1.26. The highest BCUT2D eigenvalue weighted by atomic mass is 79.9. The van der Waals surface area contributed by atoms with Crippen LogP contribution in [0.4, 0.5) is 0 Å². The first-order valence-electron chi connectivity index (χ1n) is 4.37. The average Bonchev–Trinajstić information content (AvgIpc) is 2.46. The molecule has 0 bridgehead atoms. The van der Waals surface area contributed by atoms with Gasteiger partial charge in [0.15, 0.2) is 0 Å². The van der Waals surface area contributed by atoms with Gasteiger partial charge in [0, 0.05) is 18.1 Å². The minimum absolute atomic E-state index is 0.607. The monoisotopic (exact) mass is 264 g/mol. The van der Waals surface area contributed by atoms with Crippen LogP contribution in [0, 0.1) is 11.8 Å². The fourth-order valence-corrected chi connectivity index (χ4v) is 2.22. The molecule has 13 heavy (non-hydrogen) atoms. The summed E-state index contributed by atoms with van der Waals surface area (Å²) in [6.45, 7) is 5.36. The maximum atomic E-state index is 5.77. The Morgan fingerprint density at radius 2 is 2.31 bits per heavy atom. The van der Waals surface area contributed by atoms with E-state index in [1.165, 1.54) is 0 Å². The molecule has 0 amide bonds. The number of hydrogen-bond acceptors (Lipinski definition) is 1. The third-order valence-electron chi connectivity index (χ3n) is 2.16. The highest BCUT2D eigenvalue weighted by Gasteiger charge is 2.12. The standard InChI is InChI=1S/C9H14BrClN2/c1-7(2)8(3-10)5-13-6-9(11)4-12-13/h4,6-8H,3,5H2,1-2H3. The van der Waals surface area contributed by atoms with Crippen LogP contribution < -0.4 is 0 Å². The molecule has 1 atom stereocenters. The van der Waals surface area contributed by atoms with Crippen molar-refractivity contribution in [3.8, 4) is 0 Å². The molecule has 1 unspecified atom stereocenters. The Hall–Kier alpha value is -0.0200. The van der Waals surface area contributed by atoms with Gasteiger partial charge in [-0.1, -0.05) is 41.4 Å². The molecule has 4 heteroatoms. The Balaban J connectivity index is 2.56. The van der Waals surface area contributed by atoms with Gasteiger partial charge in [0.25, 0.3) is 0 Å². The number of aromatic nitrogens is 2. The first-order valence-corrected chi connectivity index (χ1v) is 5.87. The molecule has 0 aliphatic rings. The zero-order chi connectivity index (χ0) is 9.84. The van der Waals surface area contributed by atoms with Crippen molar-refractivity contribution in [2.45, 2.75) is 20.4 Å². The molecule has 0 aliphatic carbocycles. The third-order valence-corrected chi connectivity index (χ3v) is 3.19. The molecule has 74 valence electrons. The lowest BCUT2D eigenvalue weighted by Crippen LogP contribution is -2.18. The lowest BCUT2D eigenvalue weighted by molar-refractivity contribution is 0.357. The molecule has 0 radical (unpaired) electrons. The maximum Gasteiger partial charge on any atom is 0.0785 e. The topological polar surface area (TPSA) is 17.8 Å². The Morgan fingerprint density at radius 3 is 2.69 bits per heavy atom. The third kappa shape index (κ3) is 3.31. The second-order valence-corrected chi connectivity index (χ2v) is 4.62. The summed E-state index contributed by atoms with van der Waals surface area (Å²) in [5.41, 5.74) is 0. The van der Waals surface area contributed by atoms with Crippen molar-refractivity contribution in [2.75, 3.05) is 5.33 Å². The van der Waals surface area contributed by atoms with Crippen LogP contribution in [-0.2, 0) is 6.54 Å². The zero-order valence-corrected chi connectivity index (χ0v) is 10.2. The summed E-state index contributed by atoms with van der Waals surface area (Å²) in [7, 11) is 0. The van der Waals surface area contributed by atoms with E-state index < -0.39 is 0 Å². The summed E-state index contributed by atoms with van der Waals surface area (Å²) in [4.78, 5) is 0. The van der Waals surface area contributed by atoms with Crippen LogP contribution >= 0.6 is 27.5 Å². The van der Waals surface area contributed by atoms with E-state index in [1.54, 1.807) is 6.20 Å². The van der Waals surface area contributed by atoms with Gasteiger partial charge in [-0.3, -0.25) is 4.68 Å². The van der Waals surface area contributed by atoms with Gasteiger partial charge in [-0.15, -0.1) is 0 Å². The summed E-state index contributed by atoms with van der Waals surface area (Å²) < 4.78 is 1.90. The van der Waals surface area contributed by atoms with Gasteiger partial charge in [0.1, 0.15) is 0 Å².